The topological polar surface area (TPSA) is 79.5 Å². The van der Waals surface area contributed by atoms with Gasteiger partial charge in [0.25, 0.3) is 0 Å². The lowest BCUT2D eigenvalue weighted by molar-refractivity contribution is 0.123. The van der Waals surface area contributed by atoms with Gasteiger partial charge >= 0.3 is 0 Å². The molecule has 1 aliphatic heterocycles. The van der Waals surface area contributed by atoms with E-state index in [0.717, 1.165) is 64.1 Å². The van der Waals surface area contributed by atoms with Gasteiger partial charge in [-0.2, -0.15) is 5.10 Å². The summed E-state index contributed by atoms with van der Waals surface area (Å²) >= 11 is 0. The molecule has 0 amide bonds. The fourth-order valence-electron chi connectivity index (χ4n) is 4.86. The Balaban J connectivity index is 1.44. The van der Waals surface area contributed by atoms with E-state index in [-0.39, 0.29) is 0 Å². The first-order chi connectivity index (χ1) is 18.6. The largest absolute Gasteiger partial charge is 0.497 e. The highest BCUT2D eigenvalue weighted by Gasteiger charge is 2.21. The third kappa shape index (κ3) is 4.56. The molecule has 1 fully saturated rings. The van der Waals surface area contributed by atoms with Crippen LogP contribution in [0.4, 0.5) is 5.69 Å². The number of ether oxygens (including phenoxy) is 3. The van der Waals surface area contributed by atoms with Gasteiger partial charge in [0.15, 0.2) is 11.5 Å². The maximum Gasteiger partial charge on any atom is 0.164 e. The maximum atomic E-state index is 5.64. The van der Waals surface area contributed by atoms with Crippen LogP contribution < -0.4 is 14.4 Å². The van der Waals surface area contributed by atoms with Crippen molar-refractivity contribution in [3.8, 4) is 28.6 Å². The van der Waals surface area contributed by atoms with Crippen LogP contribution in [0.2, 0.25) is 0 Å². The van der Waals surface area contributed by atoms with Crippen LogP contribution in [0.1, 0.15) is 11.1 Å². The van der Waals surface area contributed by atoms with Gasteiger partial charge < -0.3 is 23.7 Å². The normalized spacial score (nSPS) is 13.7. The lowest BCUT2D eigenvalue weighted by Gasteiger charge is -2.29. The molecule has 1 saturated heterocycles. The Labute approximate surface area is 221 Å². The molecular formula is C29H30N6O3. The number of fused-ring (bicyclic) bond motifs is 1. The van der Waals surface area contributed by atoms with Gasteiger partial charge in [0, 0.05) is 42.5 Å². The first-order valence-corrected chi connectivity index (χ1v) is 12.7. The summed E-state index contributed by atoms with van der Waals surface area (Å²) in [7, 11) is 3.32. The van der Waals surface area contributed by atoms with E-state index in [1.165, 1.54) is 5.56 Å². The van der Waals surface area contributed by atoms with E-state index < -0.39 is 0 Å². The fourth-order valence-corrected chi connectivity index (χ4v) is 4.86. The predicted molar refractivity (Wildman–Crippen MR) is 147 cm³/mol. The molecule has 0 bridgehead atoms. The number of hydrogen-bond acceptors (Lipinski definition) is 7. The van der Waals surface area contributed by atoms with Gasteiger partial charge in [-0.1, -0.05) is 23.8 Å². The molecule has 5 aromatic rings. The molecule has 9 nitrogen and oxygen atoms in total. The number of aromatic nitrogens is 5. The maximum absolute atomic E-state index is 5.64. The molecule has 1 aliphatic rings. The zero-order valence-corrected chi connectivity index (χ0v) is 21.8. The Morgan fingerprint density at radius 1 is 0.974 bits per heavy atom. The van der Waals surface area contributed by atoms with Crippen LogP contribution in [0.5, 0.6) is 11.5 Å². The number of nitrogens with zero attached hydrogens (tertiary/aromatic N) is 6. The van der Waals surface area contributed by atoms with Gasteiger partial charge in [0.1, 0.15) is 17.0 Å². The summed E-state index contributed by atoms with van der Waals surface area (Å²) < 4.78 is 20.5. The van der Waals surface area contributed by atoms with E-state index in [4.69, 9.17) is 29.3 Å². The smallest absolute Gasteiger partial charge is 0.164 e. The Kier molecular flexibility index (Phi) is 6.43. The van der Waals surface area contributed by atoms with Crippen molar-refractivity contribution in [2.24, 2.45) is 0 Å². The molecule has 0 aliphatic carbocycles. The van der Waals surface area contributed by atoms with E-state index in [1.54, 1.807) is 14.2 Å². The van der Waals surface area contributed by atoms with E-state index in [0.29, 0.717) is 19.8 Å². The van der Waals surface area contributed by atoms with Crippen molar-refractivity contribution in [3.05, 3.63) is 78.2 Å². The number of rotatable bonds is 7. The van der Waals surface area contributed by atoms with E-state index in [9.17, 15) is 0 Å². The molecule has 3 aromatic heterocycles. The Hall–Kier alpha value is -4.37. The van der Waals surface area contributed by atoms with Gasteiger partial charge in [-0.05, 0) is 31.2 Å². The third-order valence-electron chi connectivity index (χ3n) is 6.86. The number of benzene rings is 2. The van der Waals surface area contributed by atoms with Crippen molar-refractivity contribution in [2.45, 2.75) is 13.5 Å². The molecule has 6 rings (SSSR count). The number of morpholine rings is 1. The zero-order chi connectivity index (χ0) is 26.1. The highest BCUT2D eigenvalue weighted by atomic mass is 16.5. The molecule has 0 radical (unpaired) electrons. The number of methoxy groups -OCH3 is 2. The zero-order valence-electron chi connectivity index (χ0n) is 21.8. The second kappa shape index (κ2) is 10.2. The van der Waals surface area contributed by atoms with Gasteiger partial charge in [0.2, 0.25) is 0 Å². The summed E-state index contributed by atoms with van der Waals surface area (Å²) in [6.45, 7) is 5.60. The number of hydrogen-bond donors (Lipinski definition) is 0. The van der Waals surface area contributed by atoms with E-state index >= 15 is 0 Å². The number of imidazole rings is 1. The minimum Gasteiger partial charge on any atom is -0.497 e. The SMILES string of the molecule is COc1ccc(Cn2cnc3c(N4CCOCC4)cc(-n4ccc(-c5cccc(C)c5)n4)nc32)c(OC)c1. The average Bonchev–Trinajstić information content (AvgIpc) is 3.61. The predicted octanol–water partition coefficient (Wildman–Crippen LogP) is 4.49. The van der Waals surface area contributed by atoms with Gasteiger partial charge in [-0.15, -0.1) is 0 Å². The standard InChI is InChI=1S/C29H30N6O3/c1-20-5-4-6-21(15-20)24-9-10-35(32-24)27-17-25(33-11-13-38-14-12-33)28-29(31-27)34(19-30-28)18-22-7-8-23(36-2)16-26(22)37-3/h4-10,15-17,19H,11-14,18H2,1-3H3. The van der Waals surface area contributed by atoms with Gasteiger partial charge in [-0.25, -0.2) is 14.6 Å². The lowest BCUT2D eigenvalue weighted by atomic mass is 10.1. The van der Waals surface area contributed by atoms with Crippen molar-refractivity contribution in [2.75, 3.05) is 45.4 Å². The first-order valence-electron chi connectivity index (χ1n) is 12.7. The average molecular weight is 511 g/mol. The number of aryl methyl sites for hydroxylation is 1. The van der Waals surface area contributed by atoms with Gasteiger partial charge in [-0.3, -0.25) is 0 Å². The molecule has 4 heterocycles. The molecule has 0 saturated carbocycles. The minimum atomic E-state index is 0.552. The molecule has 9 heteroatoms. The van der Waals surface area contributed by atoms with Crippen molar-refractivity contribution in [1.29, 1.82) is 0 Å². The van der Waals surface area contributed by atoms with E-state index in [2.05, 4.69) is 46.7 Å². The van der Waals surface area contributed by atoms with Crippen LogP contribution >= 0.6 is 0 Å². The third-order valence-corrected chi connectivity index (χ3v) is 6.86. The highest BCUT2D eigenvalue weighted by molar-refractivity contribution is 5.88. The van der Waals surface area contributed by atoms with Crippen LogP contribution in [0, 0.1) is 6.92 Å². The quantitative estimate of drug-likeness (QED) is 0.319. The molecule has 2 aromatic carbocycles. The van der Waals surface area contributed by atoms with E-state index in [1.807, 2.05) is 41.5 Å². The summed E-state index contributed by atoms with van der Waals surface area (Å²) in [6, 6.07) is 18.3. The molecular weight excluding hydrogens is 480 g/mol. The summed E-state index contributed by atoms with van der Waals surface area (Å²) in [5.41, 5.74) is 6.86. The summed E-state index contributed by atoms with van der Waals surface area (Å²) in [6.07, 6.45) is 3.80. The van der Waals surface area contributed by atoms with Crippen LogP contribution in [0.3, 0.4) is 0 Å². The fraction of sp³-hybridized carbons (Fsp3) is 0.276. The molecule has 38 heavy (non-hydrogen) atoms. The Morgan fingerprint density at radius 3 is 2.63 bits per heavy atom. The molecule has 0 N–H and O–H groups in total. The highest BCUT2D eigenvalue weighted by Crippen LogP contribution is 2.31. The number of anilines is 1. The lowest BCUT2D eigenvalue weighted by Crippen LogP contribution is -2.36. The van der Waals surface area contributed by atoms with Crippen molar-refractivity contribution in [1.82, 2.24) is 24.3 Å². The molecule has 0 spiro atoms. The van der Waals surface area contributed by atoms with Crippen molar-refractivity contribution >= 4 is 16.9 Å². The first kappa shape index (κ1) is 24.0. The van der Waals surface area contributed by atoms with Crippen LogP contribution in [0.25, 0.3) is 28.2 Å². The second-order valence-corrected chi connectivity index (χ2v) is 9.34. The minimum absolute atomic E-state index is 0.552. The van der Waals surface area contributed by atoms with Crippen molar-refractivity contribution in [3.63, 3.8) is 0 Å². The van der Waals surface area contributed by atoms with Crippen molar-refractivity contribution < 1.29 is 14.2 Å². The second-order valence-electron chi connectivity index (χ2n) is 9.34. The number of pyridine rings is 1. The Bertz CT molecular complexity index is 1580. The summed E-state index contributed by atoms with van der Waals surface area (Å²) in [4.78, 5) is 12.2. The van der Waals surface area contributed by atoms with Gasteiger partial charge in [0.05, 0.1) is 51.7 Å². The summed E-state index contributed by atoms with van der Waals surface area (Å²) in [5.74, 6) is 2.24. The summed E-state index contributed by atoms with van der Waals surface area (Å²) in [5, 5.41) is 4.88. The molecule has 0 atom stereocenters. The molecule has 194 valence electrons. The van der Waals surface area contributed by atoms with Crippen LogP contribution in [-0.4, -0.2) is 64.8 Å². The Morgan fingerprint density at radius 2 is 1.84 bits per heavy atom. The van der Waals surface area contributed by atoms with Crippen LogP contribution in [0.15, 0.2) is 67.1 Å². The monoisotopic (exact) mass is 510 g/mol. The molecule has 0 unspecified atom stereocenters. The van der Waals surface area contributed by atoms with Crippen LogP contribution in [-0.2, 0) is 11.3 Å².